The maximum Gasteiger partial charge on any atom is 0.174 e. The third kappa shape index (κ3) is 1.32. The van der Waals surface area contributed by atoms with Crippen LogP contribution in [-0.4, -0.2) is 43.0 Å². The molecule has 0 aromatic heterocycles. The summed E-state index contributed by atoms with van der Waals surface area (Å²) in [6.45, 7) is 5.92. The first-order valence-corrected chi connectivity index (χ1v) is 9.83. The predicted octanol–water partition coefficient (Wildman–Crippen LogP) is 2.96. The van der Waals surface area contributed by atoms with Gasteiger partial charge >= 0.3 is 0 Å². The van der Waals surface area contributed by atoms with Crippen LogP contribution in [0, 0.1) is 5.92 Å². The number of Topliss-reactive ketones (excluding diaryl/α,β-unsaturated/α-hetero) is 1. The van der Waals surface area contributed by atoms with Gasteiger partial charge in [0.1, 0.15) is 0 Å². The molecule has 2 bridgehead atoms. The van der Waals surface area contributed by atoms with Gasteiger partial charge < -0.3 is 9.47 Å². The lowest BCUT2D eigenvalue weighted by molar-refractivity contribution is -0.133. The average Bonchev–Trinajstić information content (AvgIpc) is 3.15. The van der Waals surface area contributed by atoms with Crippen molar-refractivity contribution in [1.82, 2.24) is 4.90 Å². The lowest BCUT2D eigenvalue weighted by Gasteiger charge is -2.58. The van der Waals surface area contributed by atoms with Gasteiger partial charge in [-0.1, -0.05) is 22.0 Å². The summed E-state index contributed by atoms with van der Waals surface area (Å²) in [7, 11) is 1.68. The lowest BCUT2D eigenvalue weighted by Crippen LogP contribution is -2.68. The number of carbonyl (C=O) groups is 1. The van der Waals surface area contributed by atoms with Gasteiger partial charge in [0.25, 0.3) is 0 Å². The molecule has 2 saturated carbocycles. The Morgan fingerprint density at radius 1 is 1.52 bits per heavy atom. The highest BCUT2D eigenvalue weighted by Crippen LogP contribution is 2.77. The van der Waals surface area contributed by atoms with Crippen molar-refractivity contribution in [3.05, 3.63) is 34.3 Å². The normalized spacial score (nSPS) is 41.8. The number of benzene rings is 1. The maximum atomic E-state index is 12.8. The van der Waals surface area contributed by atoms with E-state index in [1.54, 1.807) is 7.11 Å². The minimum absolute atomic E-state index is 0.141. The van der Waals surface area contributed by atoms with E-state index in [4.69, 9.17) is 9.47 Å². The Morgan fingerprint density at radius 2 is 2.36 bits per heavy atom. The van der Waals surface area contributed by atoms with Crippen LogP contribution in [0.25, 0.3) is 0 Å². The Labute approximate surface area is 155 Å². The zero-order valence-electron chi connectivity index (χ0n) is 14.2. The van der Waals surface area contributed by atoms with E-state index in [1.807, 2.05) is 12.1 Å². The largest absolute Gasteiger partial charge is 0.493 e. The van der Waals surface area contributed by atoms with Crippen molar-refractivity contribution in [2.75, 3.05) is 20.2 Å². The highest BCUT2D eigenvalue weighted by molar-refractivity contribution is 9.10. The van der Waals surface area contributed by atoms with Crippen molar-refractivity contribution < 1.29 is 14.3 Å². The van der Waals surface area contributed by atoms with Crippen LogP contribution in [0.15, 0.2) is 23.2 Å². The third-order valence-corrected chi connectivity index (χ3v) is 8.16. The highest BCUT2D eigenvalue weighted by Gasteiger charge is 2.80. The number of nitrogens with zero attached hydrogens (tertiary/aromatic N) is 1. The summed E-state index contributed by atoms with van der Waals surface area (Å²) in [5, 5.41) is 0. The number of ether oxygens (including phenoxy) is 2. The van der Waals surface area contributed by atoms with Gasteiger partial charge in [-0.25, -0.2) is 0 Å². The van der Waals surface area contributed by atoms with E-state index in [0.29, 0.717) is 18.4 Å². The Kier molecular flexibility index (Phi) is 2.55. The minimum atomic E-state index is -0.321. The highest BCUT2D eigenvalue weighted by atomic mass is 79.9. The number of hydrogen-bond acceptors (Lipinski definition) is 4. The topological polar surface area (TPSA) is 38.8 Å². The fraction of sp³-hybridized carbons (Fsp3) is 0.550. The Hall–Kier alpha value is -1.33. The summed E-state index contributed by atoms with van der Waals surface area (Å²) in [4.78, 5) is 15.4. The molecule has 2 aliphatic heterocycles. The molecule has 4 unspecified atom stereocenters. The van der Waals surface area contributed by atoms with Crippen molar-refractivity contribution in [2.24, 2.45) is 5.92 Å². The first kappa shape index (κ1) is 14.8. The molecule has 3 fully saturated rings. The van der Waals surface area contributed by atoms with Crippen LogP contribution in [0.5, 0.6) is 11.5 Å². The van der Waals surface area contributed by atoms with Crippen molar-refractivity contribution in [2.45, 2.75) is 42.2 Å². The molecule has 4 nitrogen and oxygen atoms in total. The van der Waals surface area contributed by atoms with Crippen molar-refractivity contribution in [3.8, 4) is 11.5 Å². The quantitative estimate of drug-likeness (QED) is 0.729. The van der Waals surface area contributed by atoms with E-state index in [2.05, 4.69) is 27.4 Å². The van der Waals surface area contributed by atoms with Crippen LogP contribution < -0.4 is 9.47 Å². The van der Waals surface area contributed by atoms with E-state index < -0.39 is 0 Å². The van der Waals surface area contributed by atoms with Gasteiger partial charge in [0.2, 0.25) is 0 Å². The van der Waals surface area contributed by atoms with Crippen LogP contribution in [0.3, 0.4) is 0 Å². The smallest absolute Gasteiger partial charge is 0.174 e. The molecule has 130 valence electrons. The first-order valence-electron chi connectivity index (χ1n) is 9.04. The summed E-state index contributed by atoms with van der Waals surface area (Å²) in [6, 6.07) is 2.54. The van der Waals surface area contributed by atoms with Gasteiger partial charge in [-0.2, -0.15) is 0 Å². The minimum Gasteiger partial charge on any atom is -0.493 e. The summed E-state index contributed by atoms with van der Waals surface area (Å²) in [6.07, 6.45) is 4.35. The second-order valence-electron chi connectivity index (χ2n) is 8.29. The van der Waals surface area contributed by atoms with Crippen LogP contribution >= 0.6 is 15.9 Å². The van der Waals surface area contributed by atoms with E-state index >= 15 is 0 Å². The molecule has 5 aliphatic rings. The summed E-state index contributed by atoms with van der Waals surface area (Å²) < 4.78 is 13.0. The van der Waals surface area contributed by atoms with Crippen LogP contribution in [0.2, 0.25) is 0 Å². The van der Waals surface area contributed by atoms with Gasteiger partial charge in [0, 0.05) is 46.4 Å². The van der Waals surface area contributed by atoms with E-state index in [1.165, 1.54) is 11.1 Å². The number of ketones is 1. The molecule has 5 heteroatoms. The Bertz CT molecular complexity index is 867. The molecule has 25 heavy (non-hydrogen) atoms. The first-order chi connectivity index (χ1) is 12.1. The maximum absolute atomic E-state index is 12.8. The van der Waals surface area contributed by atoms with Gasteiger partial charge in [0.05, 0.1) is 7.11 Å². The van der Waals surface area contributed by atoms with Gasteiger partial charge in [0.15, 0.2) is 23.4 Å². The number of halogens is 1. The summed E-state index contributed by atoms with van der Waals surface area (Å²) in [5.41, 5.74) is 2.70. The molecule has 0 amide bonds. The second kappa shape index (κ2) is 4.32. The lowest BCUT2D eigenvalue weighted by atomic mass is 9.58. The molecule has 2 heterocycles. The van der Waals surface area contributed by atoms with Crippen LogP contribution in [0.4, 0.5) is 0 Å². The molecule has 6 rings (SSSR count). The number of fused-ring (bicyclic) bond motifs is 1. The van der Waals surface area contributed by atoms with Gasteiger partial charge in [-0.05, 0) is 30.4 Å². The molecule has 0 radical (unpaired) electrons. The van der Waals surface area contributed by atoms with Crippen molar-refractivity contribution in [3.63, 3.8) is 0 Å². The number of hydrogen-bond donors (Lipinski definition) is 0. The van der Waals surface area contributed by atoms with E-state index in [-0.39, 0.29) is 22.7 Å². The molecule has 2 spiro atoms. The molecular formula is C20H20BrNO3. The Balaban J connectivity index is 1.65. The number of likely N-dealkylation sites (tertiary alicyclic amines) is 1. The van der Waals surface area contributed by atoms with Crippen LogP contribution in [0.1, 0.15) is 30.4 Å². The summed E-state index contributed by atoms with van der Waals surface area (Å²) >= 11 is 3.82. The number of carbonyl (C=O) groups excluding carboxylic acids is 1. The van der Waals surface area contributed by atoms with E-state index in [9.17, 15) is 4.79 Å². The SMILES string of the molecule is C=CCN1CC23C[C@@]45c6c(c(OC)cc(Br)c62)OC4C(=O)CCC5C13. The fourth-order valence-electron chi connectivity index (χ4n) is 7.11. The Morgan fingerprint density at radius 3 is 3.12 bits per heavy atom. The molecule has 1 aromatic carbocycles. The van der Waals surface area contributed by atoms with Crippen molar-refractivity contribution >= 4 is 21.7 Å². The second-order valence-corrected chi connectivity index (χ2v) is 9.14. The standard InChI is InChI=1S/C20H20BrNO3/c1-3-6-22-9-19-8-20-10(17(19)22)4-5-12(23)18(20)25-16-13(24-2)7-11(21)14(19)15(16)20/h3,7,10,17-18H,1,4-6,8-9H2,2H3/t10?,17?,18?,19?,20-/m1/s1. The number of rotatable bonds is 3. The van der Waals surface area contributed by atoms with Gasteiger partial charge in [-0.15, -0.1) is 6.58 Å². The molecule has 0 N–H and O–H groups in total. The molecule has 1 aromatic rings. The monoisotopic (exact) mass is 401 g/mol. The molecular weight excluding hydrogens is 382 g/mol. The fourth-order valence-corrected chi connectivity index (χ4v) is 7.91. The zero-order chi connectivity index (χ0) is 17.1. The van der Waals surface area contributed by atoms with Crippen molar-refractivity contribution in [1.29, 1.82) is 0 Å². The average molecular weight is 402 g/mol. The predicted molar refractivity (Wildman–Crippen MR) is 96.4 cm³/mol. The molecule has 5 atom stereocenters. The van der Waals surface area contributed by atoms with Crippen LogP contribution in [-0.2, 0) is 15.6 Å². The van der Waals surface area contributed by atoms with E-state index in [0.717, 1.165) is 41.9 Å². The van der Waals surface area contributed by atoms with Gasteiger partial charge in [-0.3, -0.25) is 9.69 Å². The third-order valence-electron chi connectivity index (χ3n) is 7.54. The number of methoxy groups -OCH3 is 1. The zero-order valence-corrected chi connectivity index (χ0v) is 15.8. The molecule has 3 aliphatic carbocycles. The summed E-state index contributed by atoms with van der Waals surface area (Å²) in [5.74, 6) is 2.36. The molecule has 1 saturated heterocycles.